The average Bonchev–Trinajstić information content (AvgIpc) is 2.29. The van der Waals surface area contributed by atoms with Crippen molar-refractivity contribution in [2.45, 2.75) is 6.42 Å². The van der Waals surface area contributed by atoms with Crippen LogP contribution in [0.1, 0.15) is 16.8 Å². The van der Waals surface area contributed by atoms with Crippen molar-refractivity contribution < 1.29 is 9.72 Å². The minimum atomic E-state index is -0.626. The van der Waals surface area contributed by atoms with Gasteiger partial charge in [-0.3, -0.25) is 14.9 Å². The van der Waals surface area contributed by atoms with Gasteiger partial charge >= 0.3 is 0 Å². The number of halogens is 1. The lowest BCUT2D eigenvalue weighted by Gasteiger charge is -2.05. The van der Waals surface area contributed by atoms with E-state index in [4.69, 9.17) is 17.3 Å². The number of nitrogens with two attached hydrogens (primary N) is 1. The van der Waals surface area contributed by atoms with E-state index >= 15 is 0 Å². The molecule has 0 unspecified atom stereocenters. The van der Waals surface area contributed by atoms with Gasteiger partial charge in [0.05, 0.1) is 10.5 Å². The lowest BCUT2D eigenvalue weighted by Crippen LogP contribution is -2.26. The Kier molecular flexibility index (Phi) is 4.86. The summed E-state index contributed by atoms with van der Waals surface area (Å²) in [5, 5.41) is 13.1. The summed E-state index contributed by atoms with van der Waals surface area (Å²) < 4.78 is 0. The second-order valence-corrected chi connectivity index (χ2v) is 3.67. The molecule has 3 N–H and O–H groups in total. The molecule has 0 saturated heterocycles. The molecule has 1 amide bonds. The zero-order chi connectivity index (χ0) is 12.8. The van der Waals surface area contributed by atoms with E-state index in [1.54, 1.807) is 0 Å². The van der Waals surface area contributed by atoms with Gasteiger partial charge in [-0.1, -0.05) is 17.7 Å². The van der Waals surface area contributed by atoms with E-state index in [0.717, 1.165) is 0 Å². The lowest BCUT2D eigenvalue weighted by atomic mass is 10.2. The minimum absolute atomic E-state index is 0.0953. The Balaban J connectivity index is 2.87. The molecule has 1 aromatic rings. The minimum Gasteiger partial charge on any atom is -0.352 e. The van der Waals surface area contributed by atoms with Crippen molar-refractivity contribution in [3.05, 3.63) is 38.9 Å². The normalized spacial score (nSPS) is 10.0. The topological polar surface area (TPSA) is 98.3 Å². The van der Waals surface area contributed by atoms with Gasteiger partial charge in [0.1, 0.15) is 5.02 Å². The molecule has 0 aromatic heterocycles. The summed E-state index contributed by atoms with van der Waals surface area (Å²) in [6, 6.07) is 4.11. The Morgan fingerprint density at radius 3 is 2.82 bits per heavy atom. The number of nitro groups is 1. The van der Waals surface area contributed by atoms with Crippen LogP contribution in [-0.4, -0.2) is 23.9 Å². The molecule has 0 spiro atoms. The maximum absolute atomic E-state index is 11.7. The smallest absolute Gasteiger partial charge is 0.288 e. The van der Waals surface area contributed by atoms with E-state index in [-0.39, 0.29) is 16.3 Å². The number of amides is 1. The first-order valence-corrected chi connectivity index (χ1v) is 5.37. The molecule has 7 heteroatoms. The zero-order valence-corrected chi connectivity index (χ0v) is 9.74. The molecule has 0 radical (unpaired) electrons. The Hall–Kier alpha value is -1.66. The highest BCUT2D eigenvalue weighted by molar-refractivity contribution is 6.35. The van der Waals surface area contributed by atoms with E-state index in [0.29, 0.717) is 19.5 Å². The molecular formula is C10H12ClN3O3. The second kappa shape index (κ2) is 6.17. The number of carbonyl (C=O) groups is 1. The fourth-order valence-corrected chi connectivity index (χ4v) is 1.52. The van der Waals surface area contributed by atoms with Gasteiger partial charge in [-0.05, 0) is 19.0 Å². The highest BCUT2D eigenvalue weighted by atomic mass is 35.5. The third-order valence-corrected chi connectivity index (χ3v) is 2.48. The van der Waals surface area contributed by atoms with Gasteiger partial charge in [0.2, 0.25) is 0 Å². The molecule has 0 heterocycles. The fourth-order valence-electron chi connectivity index (χ4n) is 1.24. The monoisotopic (exact) mass is 257 g/mol. The van der Waals surface area contributed by atoms with Gasteiger partial charge in [-0.15, -0.1) is 0 Å². The van der Waals surface area contributed by atoms with Gasteiger partial charge in [-0.2, -0.15) is 0 Å². The molecule has 0 saturated carbocycles. The first-order valence-electron chi connectivity index (χ1n) is 4.99. The van der Waals surface area contributed by atoms with E-state index < -0.39 is 10.8 Å². The van der Waals surface area contributed by atoms with Crippen LogP contribution in [0.15, 0.2) is 18.2 Å². The van der Waals surface area contributed by atoms with Crippen molar-refractivity contribution in [2.24, 2.45) is 5.73 Å². The van der Waals surface area contributed by atoms with Crippen LogP contribution in [0.4, 0.5) is 5.69 Å². The van der Waals surface area contributed by atoms with E-state index in [1.807, 2.05) is 0 Å². The molecule has 0 aliphatic carbocycles. The number of hydrogen-bond donors (Lipinski definition) is 2. The predicted octanol–water partition coefficient (Wildman–Crippen LogP) is 1.33. The van der Waals surface area contributed by atoms with Crippen LogP contribution in [0, 0.1) is 10.1 Å². The van der Waals surface area contributed by atoms with Crippen molar-refractivity contribution in [1.82, 2.24) is 5.32 Å². The lowest BCUT2D eigenvalue weighted by molar-refractivity contribution is -0.384. The van der Waals surface area contributed by atoms with Crippen LogP contribution in [0.25, 0.3) is 0 Å². The van der Waals surface area contributed by atoms with Crippen molar-refractivity contribution in [3.63, 3.8) is 0 Å². The van der Waals surface area contributed by atoms with Crippen LogP contribution in [0.2, 0.25) is 5.02 Å². The SMILES string of the molecule is NCCCNC(=O)c1cccc([N+](=O)[O-])c1Cl. The molecule has 92 valence electrons. The van der Waals surface area contributed by atoms with Crippen molar-refractivity contribution >= 4 is 23.2 Å². The van der Waals surface area contributed by atoms with Crippen LogP contribution in [0.3, 0.4) is 0 Å². The Morgan fingerprint density at radius 2 is 2.24 bits per heavy atom. The largest absolute Gasteiger partial charge is 0.352 e. The van der Waals surface area contributed by atoms with E-state index in [9.17, 15) is 14.9 Å². The number of nitrogens with one attached hydrogen (secondary N) is 1. The Morgan fingerprint density at radius 1 is 1.53 bits per heavy atom. The molecule has 1 aromatic carbocycles. The summed E-state index contributed by atoms with van der Waals surface area (Å²) in [5.74, 6) is -0.438. The fraction of sp³-hybridized carbons (Fsp3) is 0.300. The van der Waals surface area contributed by atoms with Crippen molar-refractivity contribution in [1.29, 1.82) is 0 Å². The van der Waals surface area contributed by atoms with Gasteiger partial charge < -0.3 is 11.1 Å². The highest BCUT2D eigenvalue weighted by Gasteiger charge is 2.19. The number of hydrogen-bond acceptors (Lipinski definition) is 4. The Labute approximate surface area is 103 Å². The molecule has 0 aliphatic heterocycles. The molecule has 17 heavy (non-hydrogen) atoms. The van der Waals surface area contributed by atoms with Gasteiger partial charge in [-0.25, -0.2) is 0 Å². The highest BCUT2D eigenvalue weighted by Crippen LogP contribution is 2.27. The summed E-state index contributed by atoms with van der Waals surface area (Å²) in [7, 11) is 0. The first-order chi connectivity index (χ1) is 8.07. The van der Waals surface area contributed by atoms with Crippen LogP contribution in [-0.2, 0) is 0 Å². The first kappa shape index (κ1) is 13.4. The van der Waals surface area contributed by atoms with E-state index in [2.05, 4.69) is 5.32 Å². The average molecular weight is 258 g/mol. The predicted molar refractivity (Wildman–Crippen MR) is 64.1 cm³/mol. The maximum Gasteiger partial charge on any atom is 0.288 e. The summed E-state index contributed by atoms with van der Waals surface area (Å²) >= 11 is 5.78. The third-order valence-electron chi connectivity index (χ3n) is 2.09. The number of benzene rings is 1. The van der Waals surface area contributed by atoms with Crippen molar-refractivity contribution in [2.75, 3.05) is 13.1 Å². The molecular weight excluding hydrogens is 246 g/mol. The summed E-state index contributed by atoms with van der Waals surface area (Å²) in [6.07, 6.45) is 0.637. The van der Waals surface area contributed by atoms with Crippen LogP contribution >= 0.6 is 11.6 Å². The third kappa shape index (κ3) is 3.40. The Bertz CT molecular complexity index is 437. The van der Waals surface area contributed by atoms with Crippen LogP contribution in [0.5, 0.6) is 0 Å². The molecule has 6 nitrogen and oxygen atoms in total. The summed E-state index contributed by atoms with van der Waals surface area (Å²) in [6.45, 7) is 0.872. The van der Waals surface area contributed by atoms with E-state index in [1.165, 1.54) is 18.2 Å². The number of rotatable bonds is 5. The van der Waals surface area contributed by atoms with Crippen molar-refractivity contribution in [3.8, 4) is 0 Å². The number of carbonyl (C=O) groups excluding carboxylic acids is 1. The molecule has 0 fully saturated rings. The van der Waals surface area contributed by atoms with Gasteiger partial charge in [0.25, 0.3) is 11.6 Å². The second-order valence-electron chi connectivity index (χ2n) is 3.29. The van der Waals surface area contributed by atoms with Gasteiger partial charge in [0, 0.05) is 12.6 Å². The van der Waals surface area contributed by atoms with Gasteiger partial charge in [0.15, 0.2) is 0 Å². The molecule has 0 aliphatic rings. The maximum atomic E-state index is 11.7. The molecule has 1 rings (SSSR count). The number of nitro benzene ring substituents is 1. The van der Waals surface area contributed by atoms with Crippen LogP contribution < -0.4 is 11.1 Å². The molecule has 0 atom stereocenters. The summed E-state index contributed by atoms with van der Waals surface area (Å²) in [5.41, 5.74) is 5.10. The standard InChI is InChI=1S/C10H12ClN3O3/c11-9-7(10(15)13-6-2-5-12)3-1-4-8(9)14(16)17/h1,3-4H,2,5-6,12H2,(H,13,15). The molecule has 0 bridgehead atoms. The zero-order valence-electron chi connectivity index (χ0n) is 8.98. The quantitative estimate of drug-likeness (QED) is 0.472. The summed E-state index contributed by atoms with van der Waals surface area (Å²) in [4.78, 5) is 21.7. The number of nitrogens with zero attached hydrogens (tertiary/aromatic N) is 1.